The second kappa shape index (κ2) is 4.31. The normalized spacial score (nSPS) is 18.2. The smallest absolute Gasteiger partial charge is 0.246 e. The number of benzene rings is 1. The largest absolute Gasteiger partial charge is 0.492 e. The van der Waals surface area contributed by atoms with Crippen LogP contribution in [0.25, 0.3) is 0 Å². The molecule has 0 spiro atoms. The Balaban J connectivity index is 2.43. The summed E-state index contributed by atoms with van der Waals surface area (Å²) in [6.07, 6.45) is 0. The molecule has 1 aromatic carbocycles. The third-order valence-electron chi connectivity index (χ3n) is 2.52. The molecule has 0 bridgehead atoms. The van der Waals surface area contributed by atoms with Crippen LogP contribution in [0.15, 0.2) is 12.1 Å². The number of amides is 1. The third kappa shape index (κ3) is 1.74. The summed E-state index contributed by atoms with van der Waals surface area (Å²) in [7, 11) is 1.74. The average Bonchev–Trinajstić information content (AvgIpc) is 2.54. The average molecular weight is 241 g/mol. The Labute approximate surface area is 98.9 Å². The first-order valence-electron chi connectivity index (χ1n) is 5.11. The predicted molar refractivity (Wildman–Crippen MR) is 63.1 cm³/mol. The molecule has 0 radical (unpaired) electrons. The molecule has 0 saturated heterocycles. The van der Waals surface area contributed by atoms with Crippen LogP contribution in [-0.4, -0.2) is 19.6 Å². The van der Waals surface area contributed by atoms with Gasteiger partial charge in [0.1, 0.15) is 11.8 Å². The number of rotatable bonds is 3. The molecule has 1 amide bonds. The molecule has 0 aliphatic carbocycles. The van der Waals surface area contributed by atoms with Crippen molar-refractivity contribution in [2.45, 2.75) is 13.0 Å². The highest BCUT2D eigenvalue weighted by atomic mass is 35.5. The van der Waals surface area contributed by atoms with Gasteiger partial charge in [0, 0.05) is 17.3 Å². The van der Waals surface area contributed by atoms with Crippen LogP contribution >= 0.6 is 11.6 Å². The molecule has 0 aromatic heterocycles. The minimum absolute atomic E-state index is 0.0674. The van der Waals surface area contributed by atoms with Crippen LogP contribution in [0.3, 0.4) is 0 Å². The van der Waals surface area contributed by atoms with E-state index in [1.165, 1.54) is 0 Å². The summed E-state index contributed by atoms with van der Waals surface area (Å²) < 4.78 is 5.36. The topological polar surface area (TPSA) is 50.4 Å². The van der Waals surface area contributed by atoms with Crippen molar-refractivity contribution in [3.05, 3.63) is 22.7 Å². The van der Waals surface area contributed by atoms with Crippen molar-refractivity contribution in [2.75, 3.05) is 19.0 Å². The molecule has 2 rings (SSSR count). The van der Waals surface area contributed by atoms with Gasteiger partial charge in [-0.3, -0.25) is 4.79 Å². The van der Waals surface area contributed by atoms with Crippen LogP contribution < -0.4 is 15.4 Å². The molecule has 4 nitrogen and oxygen atoms in total. The maximum absolute atomic E-state index is 11.6. The van der Waals surface area contributed by atoms with E-state index in [1.54, 1.807) is 19.2 Å². The van der Waals surface area contributed by atoms with Gasteiger partial charge in [-0.15, -0.1) is 0 Å². The predicted octanol–water partition coefficient (Wildman–Crippen LogP) is 1.95. The Morgan fingerprint density at radius 1 is 1.56 bits per heavy atom. The zero-order chi connectivity index (χ0) is 11.7. The van der Waals surface area contributed by atoms with Gasteiger partial charge in [0.25, 0.3) is 0 Å². The van der Waals surface area contributed by atoms with Gasteiger partial charge in [-0.05, 0) is 20.0 Å². The number of ether oxygens (including phenoxy) is 1. The molecular weight excluding hydrogens is 228 g/mol. The van der Waals surface area contributed by atoms with Gasteiger partial charge in [0.2, 0.25) is 5.91 Å². The van der Waals surface area contributed by atoms with E-state index in [0.717, 1.165) is 11.3 Å². The van der Waals surface area contributed by atoms with Gasteiger partial charge in [-0.1, -0.05) is 11.6 Å². The maximum atomic E-state index is 11.6. The van der Waals surface area contributed by atoms with E-state index in [1.807, 2.05) is 6.92 Å². The fraction of sp³-hybridized carbons (Fsp3) is 0.364. The van der Waals surface area contributed by atoms with Crippen molar-refractivity contribution < 1.29 is 9.53 Å². The standard InChI is InChI=1S/C11H13ClN2O2/c1-3-16-9-5-8-6(4-7(9)12)10(13-2)11(15)14-8/h4-5,10,13H,3H2,1-2H3,(H,14,15). The van der Waals surface area contributed by atoms with Gasteiger partial charge < -0.3 is 15.4 Å². The minimum atomic E-state index is -0.330. The number of anilines is 1. The van der Waals surface area contributed by atoms with Crippen LogP contribution in [0.2, 0.25) is 5.02 Å². The number of fused-ring (bicyclic) bond motifs is 1. The van der Waals surface area contributed by atoms with Gasteiger partial charge in [-0.2, -0.15) is 0 Å². The van der Waals surface area contributed by atoms with Gasteiger partial charge >= 0.3 is 0 Å². The molecule has 1 aliphatic rings. The first-order valence-corrected chi connectivity index (χ1v) is 5.49. The molecule has 1 atom stereocenters. The van der Waals surface area contributed by atoms with Crippen LogP contribution in [0.4, 0.5) is 5.69 Å². The lowest BCUT2D eigenvalue weighted by Gasteiger charge is -2.10. The van der Waals surface area contributed by atoms with Crippen molar-refractivity contribution in [3.63, 3.8) is 0 Å². The molecule has 1 aromatic rings. The first-order chi connectivity index (χ1) is 7.67. The van der Waals surface area contributed by atoms with Crippen molar-refractivity contribution in [3.8, 4) is 5.75 Å². The van der Waals surface area contributed by atoms with Crippen LogP contribution in [-0.2, 0) is 4.79 Å². The fourth-order valence-electron chi connectivity index (χ4n) is 1.81. The van der Waals surface area contributed by atoms with Crippen LogP contribution in [0.5, 0.6) is 5.75 Å². The number of hydrogen-bond acceptors (Lipinski definition) is 3. The summed E-state index contributed by atoms with van der Waals surface area (Å²) in [5.41, 5.74) is 1.62. The molecule has 16 heavy (non-hydrogen) atoms. The number of halogens is 1. The summed E-state index contributed by atoms with van der Waals surface area (Å²) in [6, 6.07) is 3.19. The van der Waals surface area contributed by atoms with Gasteiger partial charge in [0.05, 0.1) is 11.6 Å². The molecule has 86 valence electrons. The molecule has 1 heterocycles. The lowest BCUT2D eigenvalue weighted by molar-refractivity contribution is -0.117. The maximum Gasteiger partial charge on any atom is 0.246 e. The second-order valence-corrected chi connectivity index (χ2v) is 3.92. The fourth-order valence-corrected chi connectivity index (χ4v) is 2.04. The highest BCUT2D eigenvalue weighted by Crippen LogP contribution is 2.38. The summed E-state index contributed by atoms with van der Waals surface area (Å²) in [5, 5.41) is 6.25. The van der Waals surface area contributed by atoms with Gasteiger partial charge in [-0.25, -0.2) is 0 Å². The zero-order valence-electron chi connectivity index (χ0n) is 9.13. The summed E-state index contributed by atoms with van der Waals surface area (Å²) >= 11 is 6.06. The Bertz CT molecular complexity index is 434. The van der Waals surface area contributed by atoms with E-state index in [0.29, 0.717) is 17.4 Å². The minimum Gasteiger partial charge on any atom is -0.492 e. The Morgan fingerprint density at radius 2 is 2.31 bits per heavy atom. The van der Waals surface area contributed by atoms with Crippen LogP contribution in [0.1, 0.15) is 18.5 Å². The first kappa shape index (κ1) is 11.2. The summed E-state index contributed by atoms with van der Waals surface area (Å²) in [4.78, 5) is 11.6. The Kier molecular flexibility index (Phi) is 3.03. The summed E-state index contributed by atoms with van der Waals surface area (Å²) in [6.45, 7) is 2.43. The molecular formula is C11H13ClN2O2. The number of hydrogen-bond donors (Lipinski definition) is 2. The monoisotopic (exact) mass is 240 g/mol. The lowest BCUT2D eigenvalue weighted by Crippen LogP contribution is -2.23. The van der Waals surface area contributed by atoms with E-state index in [2.05, 4.69) is 10.6 Å². The lowest BCUT2D eigenvalue weighted by atomic mass is 10.1. The second-order valence-electron chi connectivity index (χ2n) is 3.51. The quantitative estimate of drug-likeness (QED) is 0.849. The van der Waals surface area contributed by atoms with E-state index in [-0.39, 0.29) is 11.9 Å². The molecule has 0 saturated carbocycles. The van der Waals surface area contributed by atoms with E-state index in [9.17, 15) is 4.79 Å². The number of carbonyl (C=O) groups is 1. The number of carbonyl (C=O) groups excluding carboxylic acids is 1. The number of likely N-dealkylation sites (N-methyl/N-ethyl adjacent to an activating group) is 1. The zero-order valence-corrected chi connectivity index (χ0v) is 9.89. The number of nitrogens with one attached hydrogen (secondary N) is 2. The van der Waals surface area contributed by atoms with Crippen molar-refractivity contribution in [1.29, 1.82) is 0 Å². The highest BCUT2D eigenvalue weighted by molar-refractivity contribution is 6.32. The van der Waals surface area contributed by atoms with Crippen molar-refractivity contribution in [2.24, 2.45) is 0 Å². The third-order valence-corrected chi connectivity index (χ3v) is 2.82. The van der Waals surface area contributed by atoms with E-state index < -0.39 is 0 Å². The Morgan fingerprint density at radius 3 is 2.94 bits per heavy atom. The summed E-state index contributed by atoms with van der Waals surface area (Å²) in [5.74, 6) is 0.530. The molecule has 1 unspecified atom stereocenters. The van der Waals surface area contributed by atoms with Gasteiger partial charge in [0.15, 0.2) is 0 Å². The van der Waals surface area contributed by atoms with E-state index in [4.69, 9.17) is 16.3 Å². The van der Waals surface area contributed by atoms with Crippen molar-refractivity contribution >= 4 is 23.2 Å². The molecule has 1 aliphatic heterocycles. The highest BCUT2D eigenvalue weighted by Gasteiger charge is 2.30. The SMILES string of the molecule is CCOc1cc2c(cc1Cl)C(NC)C(=O)N2. The molecule has 2 N–H and O–H groups in total. The van der Waals surface area contributed by atoms with Crippen LogP contribution in [0, 0.1) is 0 Å². The molecule has 0 fully saturated rings. The van der Waals surface area contributed by atoms with Crippen molar-refractivity contribution in [1.82, 2.24) is 5.32 Å². The Hall–Kier alpha value is -1.26. The van der Waals surface area contributed by atoms with E-state index >= 15 is 0 Å². The molecule has 5 heteroatoms.